The number of rotatable bonds is 8. The van der Waals surface area contributed by atoms with Gasteiger partial charge in [0.15, 0.2) is 11.5 Å². The van der Waals surface area contributed by atoms with Crippen LogP contribution in [0.4, 0.5) is 0 Å². The van der Waals surface area contributed by atoms with Crippen molar-refractivity contribution in [2.45, 2.75) is 39.3 Å². The van der Waals surface area contributed by atoms with Gasteiger partial charge in [0, 0.05) is 6.54 Å². The molecule has 7 heteroatoms. The Bertz CT molecular complexity index is 484. The smallest absolute Gasteiger partial charge is 0.237 e. The standard InChI is InChI=1S/C15H23ClN2O3.ClH/c1-4-6-12(17)15(19)18-9-10-7-11(16)14(21-5-2)13(8-10)20-3;/h7-8,12H,4-6,9,17H2,1-3H3,(H,18,19);1H. The van der Waals surface area contributed by atoms with Crippen LogP contribution in [0, 0.1) is 0 Å². The van der Waals surface area contributed by atoms with E-state index in [9.17, 15) is 4.79 Å². The normalized spacial score (nSPS) is 11.3. The van der Waals surface area contributed by atoms with Crippen LogP contribution in [0.1, 0.15) is 32.3 Å². The van der Waals surface area contributed by atoms with Gasteiger partial charge < -0.3 is 20.5 Å². The number of amides is 1. The van der Waals surface area contributed by atoms with Crippen molar-refractivity contribution >= 4 is 29.9 Å². The summed E-state index contributed by atoms with van der Waals surface area (Å²) in [5.74, 6) is 0.895. The second-order valence-corrected chi connectivity index (χ2v) is 5.06. The topological polar surface area (TPSA) is 73.6 Å². The summed E-state index contributed by atoms with van der Waals surface area (Å²) in [7, 11) is 1.55. The second kappa shape index (κ2) is 10.5. The second-order valence-electron chi connectivity index (χ2n) is 4.66. The number of hydrogen-bond acceptors (Lipinski definition) is 4. The SMILES string of the molecule is CCCC(N)C(=O)NCc1cc(Cl)c(OCC)c(OC)c1.Cl. The van der Waals surface area contributed by atoms with Gasteiger partial charge >= 0.3 is 0 Å². The van der Waals surface area contributed by atoms with Crippen molar-refractivity contribution in [2.24, 2.45) is 5.73 Å². The fourth-order valence-electron chi connectivity index (χ4n) is 1.92. The summed E-state index contributed by atoms with van der Waals surface area (Å²) >= 11 is 6.18. The predicted octanol–water partition coefficient (Wildman–Crippen LogP) is 2.91. The molecule has 1 aromatic carbocycles. The number of methoxy groups -OCH3 is 1. The number of nitrogens with two attached hydrogens (primary N) is 1. The lowest BCUT2D eigenvalue weighted by molar-refractivity contribution is -0.122. The fraction of sp³-hybridized carbons (Fsp3) is 0.533. The molecule has 1 amide bonds. The molecule has 22 heavy (non-hydrogen) atoms. The molecule has 0 saturated heterocycles. The first kappa shape index (κ1) is 20.8. The molecule has 3 N–H and O–H groups in total. The minimum atomic E-state index is -0.477. The van der Waals surface area contributed by atoms with E-state index >= 15 is 0 Å². The zero-order valence-corrected chi connectivity index (χ0v) is 14.7. The van der Waals surface area contributed by atoms with E-state index in [1.165, 1.54) is 0 Å². The van der Waals surface area contributed by atoms with Crippen LogP contribution < -0.4 is 20.5 Å². The van der Waals surface area contributed by atoms with Gasteiger partial charge in [-0.2, -0.15) is 0 Å². The van der Waals surface area contributed by atoms with Gasteiger partial charge in [-0.05, 0) is 31.0 Å². The average molecular weight is 351 g/mol. The molecule has 0 aliphatic rings. The molecule has 0 aromatic heterocycles. The number of carbonyl (C=O) groups is 1. The third-order valence-corrected chi connectivity index (χ3v) is 3.26. The van der Waals surface area contributed by atoms with Gasteiger partial charge in [-0.15, -0.1) is 12.4 Å². The molecule has 1 atom stereocenters. The molecule has 0 aliphatic heterocycles. The van der Waals surface area contributed by atoms with Gasteiger partial charge in [0.1, 0.15) is 0 Å². The number of carbonyl (C=O) groups excluding carboxylic acids is 1. The van der Waals surface area contributed by atoms with Crippen molar-refractivity contribution in [3.8, 4) is 11.5 Å². The highest BCUT2D eigenvalue weighted by Crippen LogP contribution is 2.36. The number of benzene rings is 1. The van der Waals surface area contributed by atoms with E-state index in [2.05, 4.69) is 5.32 Å². The molecule has 1 unspecified atom stereocenters. The monoisotopic (exact) mass is 350 g/mol. The van der Waals surface area contributed by atoms with E-state index in [1.807, 2.05) is 13.8 Å². The zero-order valence-electron chi connectivity index (χ0n) is 13.1. The molecule has 0 aliphatic carbocycles. The van der Waals surface area contributed by atoms with Crippen LogP contribution in [0.3, 0.4) is 0 Å². The summed E-state index contributed by atoms with van der Waals surface area (Å²) in [5.41, 5.74) is 6.59. The van der Waals surface area contributed by atoms with Gasteiger partial charge in [0.05, 0.1) is 24.8 Å². The maximum absolute atomic E-state index is 11.8. The molecule has 0 spiro atoms. The Kier molecular flexibility index (Phi) is 9.98. The molecule has 5 nitrogen and oxygen atoms in total. The maximum Gasteiger partial charge on any atom is 0.237 e. The van der Waals surface area contributed by atoms with Crippen molar-refractivity contribution in [3.05, 3.63) is 22.7 Å². The van der Waals surface area contributed by atoms with Crippen molar-refractivity contribution in [2.75, 3.05) is 13.7 Å². The summed E-state index contributed by atoms with van der Waals surface area (Å²) in [6.07, 6.45) is 1.54. The third-order valence-electron chi connectivity index (χ3n) is 2.98. The third kappa shape index (κ3) is 5.91. The number of halogens is 2. The Balaban J connectivity index is 0.00000441. The van der Waals surface area contributed by atoms with Crippen LogP contribution in [0.25, 0.3) is 0 Å². The Hall–Kier alpha value is -1.17. The average Bonchev–Trinajstić information content (AvgIpc) is 2.47. The van der Waals surface area contributed by atoms with E-state index < -0.39 is 6.04 Å². The molecule has 1 aromatic rings. The summed E-state index contributed by atoms with van der Waals surface area (Å²) in [6.45, 7) is 4.71. The van der Waals surface area contributed by atoms with E-state index in [-0.39, 0.29) is 18.3 Å². The number of ether oxygens (including phenoxy) is 2. The highest BCUT2D eigenvalue weighted by molar-refractivity contribution is 6.32. The molecule has 0 heterocycles. The first-order chi connectivity index (χ1) is 10.0. The molecular formula is C15H24Cl2N2O3. The number of nitrogens with one attached hydrogen (secondary N) is 1. The summed E-state index contributed by atoms with van der Waals surface area (Å²) < 4.78 is 10.7. The van der Waals surface area contributed by atoms with Crippen molar-refractivity contribution < 1.29 is 14.3 Å². The van der Waals surface area contributed by atoms with Gasteiger partial charge in [-0.3, -0.25) is 4.79 Å². The van der Waals surface area contributed by atoms with E-state index in [4.69, 9.17) is 26.8 Å². The molecule has 0 radical (unpaired) electrons. The number of hydrogen-bond donors (Lipinski definition) is 2. The Labute approximate surface area is 142 Å². The van der Waals surface area contributed by atoms with Crippen LogP contribution in [-0.2, 0) is 11.3 Å². The zero-order chi connectivity index (χ0) is 15.8. The van der Waals surface area contributed by atoms with Crippen molar-refractivity contribution in [1.82, 2.24) is 5.32 Å². The Morgan fingerprint density at radius 2 is 2.09 bits per heavy atom. The molecule has 0 bridgehead atoms. The van der Waals surface area contributed by atoms with Crippen LogP contribution in [0.15, 0.2) is 12.1 Å². The molecular weight excluding hydrogens is 327 g/mol. The molecule has 0 saturated carbocycles. The van der Waals surface area contributed by atoms with Gasteiger partial charge in [0.25, 0.3) is 0 Å². The largest absolute Gasteiger partial charge is 0.493 e. The minimum Gasteiger partial charge on any atom is -0.493 e. The van der Waals surface area contributed by atoms with E-state index in [1.54, 1.807) is 19.2 Å². The highest BCUT2D eigenvalue weighted by atomic mass is 35.5. The summed E-state index contributed by atoms with van der Waals surface area (Å²) in [4.78, 5) is 11.8. The van der Waals surface area contributed by atoms with Crippen molar-refractivity contribution in [1.29, 1.82) is 0 Å². The molecule has 126 valence electrons. The van der Waals surface area contributed by atoms with Crippen LogP contribution >= 0.6 is 24.0 Å². The first-order valence-corrected chi connectivity index (χ1v) is 7.43. The lowest BCUT2D eigenvalue weighted by Crippen LogP contribution is -2.40. The Morgan fingerprint density at radius 3 is 2.64 bits per heavy atom. The highest BCUT2D eigenvalue weighted by Gasteiger charge is 2.14. The summed E-state index contributed by atoms with van der Waals surface area (Å²) in [6, 6.07) is 3.07. The maximum atomic E-state index is 11.8. The molecule has 1 rings (SSSR count). The van der Waals surface area contributed by atoms with Crippen LogP contribution in [-0.4, -0.2) is 25.7 Å². The minimum absolute atomic E-state index is 0. The van der Waals surface area contributed by atoms with Crippen LogP contribution in [0.2, 0.25) is 5.02 Å². The first-order valence-electron chi connectivity index (χ1n) is 7.05. The molecule has 0 fully saturated rings. The Morgan fingerprint density at radius 1 is 1.41 bits per heavy atom. The van der Waals surface area contributed by atoms with Crippen molar-refractivity contribution in [3.63, 3.8) is 0 Å². The van der Waals surface area contributed by atoms with Gasteiger partial charge in [-0.1, -0.05) is 24.9 Å². The predicted molar refractivity (Wildman–Crippen MR) is 91.2 cm³/mol. The lowest BCUT2D eigenvalue weighted by atomic mass is 10.1. The van der Waals surface area contributed by atoms with E-state index in [0.29, 0.717) is 36.1 Å². The lowest BCUT2D eigenvalue weighted by Gasteiger charge is -2.15. The quantitative estimate of drug-likeness (QED) is 0.755. The van der Waals surface area contributed by atoms with E-state index in [0.717, 1.165) is 12.0 Å². The van der Waals surface area contributed by atoms with Crippen LogP contribution in [0.5, 0.6) is 11.5 Å². The fourth-order valence-corrected chi connectivity index (χ4v) is 2.21. The summed E-state index contributed by atoms with van der Waals surface area (Å²) in [5, 5.41) is 3.25. The van der Waals surface area contributed by atoms with Gasteiger partial charge in [-0.25, -0.2) is 0 Å². The van der Waals surface area contributed by atoms with Gasteiger partial charge in [0.2, 0.25) is 5.91 Å².